The van der Waals surface area contributed by atoms with Crippen LogP contribution in [-0.2, 0) is 9.30 Å². The highest BCUT2D eigenvalue weighted by atomic mass is 79.9. The fourth-order valence-electron chi connectivity index (χ4n) is 1.30. The number of aliphatic hydroxyl groups is 1. The Bertz CT molecular complexity index is 400. The van der Waals surface area contributed by atoms with Crippen molar-refractivity contribution in [2.24, 2.45) is 0 Å². The number of carbonyl (C=O) groups excluding carboxylic acids is 1. The van der Waals surface area contributed by atoms with Crippen molar-refractivity contribution in [3.63, 3.8) is 0 Å². The molecule has 0 aliphatic heterocycles. The number of alkyl halides is 1. The Labute approximate surface area is 139 Å². The first kappa shape index (κ1) is 21.0. The maximum Gasteiger partial charge on any atom is 0.408 e. The molecule has 0 heterocycles. The topological polar surface area (TPSA) is 75.6 Å². The van der Waals surface area contributed by atoms with E-state index in [9.17, 15) is 14.5 Å². The van der Waals surface area contributed by atoms with Crippen LogP contribution in [0.3, 0.4) is 0 Å². The van der Waals surface area contributed by atoms with Crippen LogP contribution < -0.4 is 5.32 Å². The Morgan fingerprint density at radius 1 is 1.57 bits per heavy atom. The number of halogens is 1. The van der Waals surface area contributed by atoms with Crippen molar-refractivity contribution in [2.75, 3.05) is 23.9 Å². The molecule has 0 aromatic carbocycles. The van der Waals surface area contributed by atoms with E-state index in [0.717, 1.165) is 0 Å². The molecule has 0 aliphatic rings. The monoisotopic (exact) mass is 401 g/mol. The zero-order chi connectivity index (χ0) is 16.7. The van der Waals surface area contributed by atoms with Gasteiger partial charge in [0.25, 0.3) is 0 Å². The van der Waals surface area contributed by atoms with Crippen molar-refractivity contribution in [3.05, 3.63) is 12.7 Å². The average Bonchev–Trinajstić information content (AvgIpc) is 2.31. The largest absolute Gasteiger partial charge is 0.444 e. The molecule has 0 rings (SSSR count). The Morgan fingerprint density at radius 3 is 2.57 bits per heavy atom. The number of alkyl carbamates (subject to hydrolysis) is 1. The van der Waals surface area contributed by atoms with E-state index in [1.807, 2.05) is 0 Å². The van der Waals surface area contributed by atoms with Gasteiger partial charge in [-0.15, -0.1) is 6.58 Å². The summed E-state index contributed by atoms with van der Waals surface area (Å²) in [5.41, 5.74) is -0.614. The number of carbonyl (C=O) groups is 1. The normalized spacial score (nSPS) is 17.4. The van der Waals surface area contributed by atoms with Gasteiger partial charge < -0.3 is 19.7 Å². The van der Waals surface area contributed by atoms with Crippen LogP contribution >= 0.6 is 33.7 Å². The van der Waals surface area contributed by atoms with E-state index in [1.54, 1.807) is 27.4 Å². The summed E-state index contributed by atoms with van der Waals surface area (Å²) in [7, 11) is 0. The summed E-state index contributed by atoms with van der Waals surface area (Å²) in [5, 5.41) is 13.1. The van der Waals surface area contributed by atoms with E-state index in [2.05, 4.69) is 27.8 Å². The molecule has 0 saturated carbocycles. The second-order valence-electron chi connectivity index (χ2n) is 5.70. The zero-order valence-electron chi connectivity index (χ0n) is 13.0. The van der Waals surface area contributed by atoms with Crippen molar-refractivity contribution in [3.8, 4) is 0 Å². The highest BCUT2D eigenvalue weighted by Crippen LogP contribution is 2.55. The van der Waals surface area contributed by atoms with Crippen molar-refractivity contribution >= 4 is 39.7 Å². The lowest BCUT2D eigenvalue weighted by Gasteiger charge is -2.26. The molecule has 0 aromatic heterocycles. The van der Waals surface area contributed by atoms with Gasteiger partial charge in [-0.3, -0.25) is 0 Å². The van der Waals surface area contributed by atoms with Gasteiger partial charge in [0.1, 0.15) is 11.9 Å². The summed E-state index contributed by atoms with van der Waals surface area (Å²) < 4.78 is 17.4. The summed E-state index contributed by atoms with van der Waals surface area (Å²) >= 11 is 4.53. The molecule has 2 N–H and O–H groups in total. The van der Waals surface area contributed by atoms with Gasteiger partial charge in [0.05, 0.1) is 12.1 Å². The highest BCUT2D eigenvalue weighted by Gasteiger charge is 2.26. The molecule has 5 nitrogen and oxygen atoms in total. The molecule has 1 unspecified atom stereocenters. The van der Waals surface area contributed by atoms with Crippen LogP contribution in [0.15, 0.2) is 12.7 Å². The van der Waals surface area contributed by atoms with Crippen LogP contribution in [0.1, 0.15) is 20.8 Å². The summed E-state index contributed by atoms with van der Waals surface area (Å²) in [6, 6.07) is -0.592. The first-order valence-electron chi connectivity index (χ1n) is 6.58. The Balaban J connectivity index is 4.64. The number of nitrogens with one attached hydrogen (secondary N) is 1. The summed E-state index contributed by atoms with van der Waals surface area (Å²) in [4.78, 5) is 11.8. The Hall–Kier alpha value is 0.0300. The second kappa shape index (κ2) is 9.23. The van der Waals surface area contributed by atoms with Gasteiger partial charge >= 0.3 is 6.09 Å². The van der Waals surface area contributed by atoms with E-state index < -0.39 is 30.2 Å². The average molecular weight is 402 g/mol. The number of amides is 1. The molecule has 0 radical (unpaired) electrons. The molecule has 3 atom stereocenters. The molecule has 0 saturated heterocycles. The summed E-state index contributed by atoms with van der Waals surface area (Å²) in [5.74, 6) is 0.327. The fraction of sp³-hybridized carbons (Fsp3) is 0.769. The summed E-state index contributed by atoms with van der Waals surface area (Å²) in [6.07, 6.45) is -1.98. The molecule has 0 aliphatic carbocycles. The maximum atomic E-state index is 12.2. The maximum absolute atomic E-state index is 12.2. The fourth-order valence-corrected chi connectivity index (χ4v) is 7.32. The minimum absolute atomic E-state index is 0.327. The van der Waals surface area contributed by atoms with Gasteiger partial charge in [0, 0.05) is 17.2 Å². The van der Waals surface area contributed by atoms with Crippen LogP contribution in [0.4, 0.5) is 4.79 Å². The minimum Gasteiger partial charge on any atom is -0.444 e. The number of hydrogen-bond donors (Lipinski definition) is 2. The molecule has 8 heteroatoms. The third-order valence-electron chi connectivity index (χ3n) is 2.37. The van der Waals surface area contributed by atoms with Crippen LogP contribution in [0.25, 0.3) is 0 Å². The van der Waals surface area contributed by atoms with Crippen molar-refractivity contribution in [1.29, 1.82) is 0 Å². The standard InChI is InChI=1S/C13H25BrNO4PS/c1-6-11(16)10(9-21-20(5,18)8-7-14)15-12(17)19-13(2,3)4/h6,10-11,16H,1,7-9H2,2-5H3,(H,15,17)/t10-,11-,20?/m1/s1. The zero-order valence-corrected chi connectivity index (χ0v) is 16.3. The van der Waals surface area contributed by atoms with E-state index in [-0.39, 0.29) is 0 Å². The van der Waals surface area contributed by atoms with Crippen LogP contribution in [0.2, 0.25) is 0 Å². The Kier molecular flexibility index (Phi) is 9.25. The smallest absolute Gasteiger partial charge is 0.408 e. The molecule has 0 spiro atoms. The van der Waals surface area contributed by atoms with Gasteiger partial charge in [-0.05, 0) is 27.4 Å². The first-order chi connectivity index (χ1) is 9.50. The summed E-state index contributed by atoms with van der Waals surface area (Å²) in [6.45, 7) is 10.5. The highest BCUT2D eigenvalue weighted by molar-refractivity contribution is 9.09. The van der Waals surface area contributed by atoms with E-state index in [0.29, 0.717) is 17.2 Å². The van der Waals surface area contributed by atoms with Crippen molar-refractivity contribution in [2.45, 2.75) is 38.5 Å². The lowest BCUT2D eigenvalue weighted by atomic mass is 10.2. The Morgan fingerprint density at radius 2 is 2.14 bits per heavy atom. The number of ether oxygens (including phenoxy) is 1. The predicted molar refractivity (Wildman–Crippen MR) is 94.0 cm³/mol. The predicted octanol–water partition coefficient (Wildman–Crippen LogP) is 3.46. The lowest BCUT2D eigenvalue weighted by Crippen LogP contribution is -2.46. The molecular formula is C13H25BrNO4PS. The van der Waals surface area contributed by atoms with Crippen molar-refractivity contribution < 1.29 is 19.2 Å². The molecule has 0 aromatic rings. The van der Waals surface area contributed by atoms with Crippen LogP contribution in [-0.4, -0.2) is 52.9 Å². The molecule has 21 heavy (non-hydrogen) atoms. The van der Waals surface area contributed by atoms with E-state index in [1.165, 1.54) is 17.5 Å². The van der Waals surface area contributed by atoms with Gasteiger partial charge in [-0.2, -0.15) is 0 Å². The first-order valence-corrected chi connectivity index (χ1v) is 11.6. The van der Waals surface area contributed by atoms with Crippen LogP contribution in [0.5, 0.6) is 0 Å². The lowest BCUT2D eigenvalue weighted by molar-refractivity contribution is 0.0467. The van der Waals surface area contributed by atoms with Gasteiger partial charge in [0.2, 0.25) is 0 Å². The quantitative estimate of drug-likeness (QED) is 0.370. The van der Waals surface area contributed by atoms with Gasteiger partial charge in [-0.25, -0.2) is 4.79 Å². The molecule has 1 amide bonds. The van der Waals surface area contributed by atoms with E-state index in [4.69, 9.17) is 4.74 Å². The van der Waals surface area contributed by atoms with Gasteiger partial charge in [-0.1, -0.05) is 33.4 Å². The number of aliphatic hydroxyl groups excluding tert-OH is 1. The molecule has 0 fully saturated rings. The van der Waals surface area contributed by atoms with Crippen LogP contribution in [0, 0.1) is 0 Å². The third-order valence-corrected chi connectivity index (χ3v) is 8.11. The molecular weight excluding hydrogens is 377 g/mol. The van der Waals surface area contributed by atoms with Gasteiger partial charge in [0.15, 0.2) is 0 Å². The van der Waals surface area contributed by atoms with Crippen molar-refractivity contribution in [1.82, 2.24) is 5.32 Å². The minimum atomic E-state index is -2.35. The number of hydrogen-bond acceptors (Lipinski definition) is 5. The molecule has 124 valence electrons. The second-order valence-corrected chi connectivity index (χ2v) is 12.7. The number of rotatable bonds is 8. The van der Waals surface area contributed by atoms with E-state index >= 15 is 0 Å². The molecule has 0 bridgehead atoms. The third kappa shape index (κ3) is 10.4. The SMILES string of the molecule is C=C[C@@H](O)[C@@H](CSP(C)(=O)CCBr)NC(=O)OC(C)(C)C.